The molecule has 0 saturated heterocycles. The Bertz CT molecular complexity index is 467. The molecule has 0 fully saturated rings. The van der Waals surface area contributed by atoms with Gasteiger partial charge in [0.15, 0.2) is 0 Å². The lowest BCUT2D eigenvalue weighted by Gasteiger charge is -2.16. The Hall–Kier alpha value is -2.07. The lowest BCUT2D eigenvalue weighted by Crippen LogP contribution is -2.24. The van der Waals surface area contributed by atoms with E-state index in [2.05, 4.69) is 11.4 Å². The molecule has 0 aliphatic carbocycles. The molecule has 0 aliphatic heterocycles. The molecule has 1 aromatic rings. The van der Waals surface area contributed by atoms with Crippen molar-refractivity contribution in [2.24, 2.45) is 0 Å². The maximum atomic E-state index is 11.4. The average molecular weight is 274 g/mol. The van der Waals surface area contributed by atoms with Gasteiger partial charge in [0.2, 0.25) is 5.78 Å². The van der Waals surface area contributed by atoms with Gasteiger partial charge in [0.25, 0.3) is 0 Å². The third-order valence-corrected chi connectivity index (χ3v) is 2.50. The van der Waals surface area contributed by atoms with Gasteiger partial charge in [-0.1, -0.05) is 36.4 Å². The number of carbonyl (C=O) groups is 1. The van der Waals surface area contributed by atoms with E-state index in [4.69, 9.17) is 15.0 Å². The molecule has 0 N–H and O–H groups in total. The average Bonchev–Trinajstić information content (AvgIpc) is 2.46. The topological polar surface area (TPSA) is 71.9 Å². The number of ether oxygens (including phenoxy) is 2. The summed E-state index contributed by atoms with van der Waals surface area (Å²) in [5.41, 5.74) is 9.35. The molecule has 20 heavy (non-hydrogen) atoms. The van der Waals surface area contributed by atoms with Crippen molar-refractivity contribution in [1.82, 2.24) is 0 Å². The Kier molecular flexibility index (Phi) is 7.84. The van der Waals surface area contributed by atoms with Crippen LogP contribution in [0.25, 0.3) is 5.53 Å². The first-order valence-corrected chi connectivity index (χ1v) is 6.30. The summed E-state index contributed by atoms with van der Waals surface area (Å²) >= 11 is 0. The van der Waals surface area contributed by atoms with Crippen molar-refractivity contribution < 1.29 is 19.1 Å². The first-order chi connectivity index (χ1) is 9.76. The van der Waals surface area contributed by atoms with Crippen LogP contribution in [0.1, 0.15) is 12.0 Å². The van der Waals surface area contributed by atoms with Crippen LogP contribution in [0, 0.1) is 0 Å². The second-order valence-electron chi connectivity index (χ2n) is 4.16. The van der Waals surface area contributed by atoms with E-state index in [-0.39, 0.29) is 24.9 Å². The molecule has 1 rings (SSSR count). The fourth-order valence-electron chi connectivity index (χ4n) is 1.58. The van der Waals surface area contributed by atoms with Crippen LogP contribution in [0.15, 0.2) is 43.0 Å². The van der Waals surface area contributed by atoms with E-state index in [1.54, 1.807) is 6.08 Å². The SMILES string of the molecule is C=CCOCC(CC(=O)C=[N+]=[N-])OCc1ccccc1. The van der Waals surface area contributed by atoms with Crippen LogP contribution in [0.5, 0.6) is 0 Å². The van der Waals surface area contributed by atoms with E-state index in [0.29, 0.717) is 13.2 Å². The van der Waals surface area contributed by atoms with E-state index in [9.17, 15) is 4.79 Å². The van der Waals surface area contributed by atoms with Crippen LogP contribution in [0.2, 0.25) is 0 Å². The van der Waals surface area contributed by atoms with Gasteiger partial charge in [0.05, 0.1) is 25.9 Å². The third kappa shape index (κ3) is 6.75. The van der Waals surface area contributed by atoms with Crippen LogP contribution in [-0.4, -0.2) is 36.1 Å². The van der Waals surface area contributed by atoms with Crippen LogP contribution < -0.4 is 0 Å². The lowest BCUT2D eigenvalue weighted by molar-refractivity contribution is -0.120. The van der Waals surface area contributed by atoms with Crippen LogP contribution in [0.4, 0.5) is 0 Å². The highest BCUT2D eigenvalue weighted by molar-refractivity contribution is 6.25. The maximum absolute atomic E-state index is 11.4. The summed E-state index contributed by atoms with van der Waals surface area (Å²) in [5.74, 6) is -0.312. The largest absolute Gasteiger partial charge is 0.375 e. The van der Waals surface area contributed by atoms with Crippen molar-refractivity contribution in [3.05, 3.63) is 54.1 Å². The molecule has 0 aromatic heterocycles. The molecule has 1 aromatic carbocycles. The molecular formula is C15H18N2O3. The van der Waals surface area contributed by atoms with E-state index < -0.39 is 0 Å². The Morgan fingerprint density at radius 1 is 1.40 bits per heavy atom. The minimum Gasteiger partial charge on any atom is -0.375 e. The summed E-state index contributed by atoms with van der Waals surface area (Å²) in [7, 11) is 0. The normalized spacial score (nSPS) is 11.4. The maximum Gasteiger partial charge on any atom is 0.323 e. The number of carbonyl (C=O) groups excluding carboxylic acids is 1. The van der Waals surface area contributed by atoms with Crippen molar-refractivity contribution >= 4 is 12.0 Å². The Labute approximate surface area is 118 Å². The van der Waals surface area contributed by atoms with Crippen LogP contribution >= 0.6 is 0 Å². The highest BCUT2D eigenvalue weighted by Crippen LogP contribution is 2.07. The van der Waals surface area contributed by atoms with Gasteiger partial charge < -0.3 is 15.0 Å². The number of benzene rings is 1. The van der Waals surface area contributed by atoms with Crippen LogP contribution in [-0.2, 0) is 20.9 Å². The second kappa shape index (κ2) is 9.81. The van der Waals surface area contributed by atoms with Crippen molar-refractivity contribution in [2.45, 2.75) is 19.1 Å². The zero-order valence-electron chi connectivity index (χ0n) is 11.3. The number of Topliss-reactive ketones (excluding diaryl/α,β-unsaturated/α-hetero) is 1. The molecule has 0 radical (unpaired) electrons. The van der Waals surface area contributed by atoms with Crippen LogP contribution in [0.3, 0.4) is 0 Å². The third-order valence-electron chi connectivity index (χ3n) is 2.50. The minimum absolute atomic E-state index is 0.105. The van der Waals surface area contributed by atoms with Gasteiger partial charge in [0.1, 0.15) is 0 Å². The van der Waals surface area contributed by atoms with Gasteiger partial charge in [-0.3, -0.25) is 4.79 Å². The van der Waals surface area contributed by atoms with Gasteiger partial charge in [-0.25, -0.2) is 0 Å². The Balaban J connectivity index is 2.50. The number of hydrogen-bond donors (Lipinski definition) is 0. The summed E-state index contributed by atoms with van der Waals surface area (Å²) in [6.45, 7) is 4.63. The first kappa shape index (κ1) is 16.0. The van der Waals surface area contributed by atoms with E-state index in [1.807, 2.05) is 30.3 Å². The van der Waals surface area contributed by atoms with Crippen molar-refractivity contribution in [1.29, 1.82) is 0 Å². The predicted octanol–water partition coefficient (Wildman–Crippen LogP) is 2.03. The Morgan fingerprint density at radius 2 is 2.15 bits per heavy atom. The molecule has 0 spiro atoms. The molecule has 1 atom stereocenters. The van der Waals surface area contributed by atoms with Crippen molar-refractivity contribution in [3.63, 3.8) is 0 Å². The van der Waals surface area contributed by atoms with E-state index in [1.165, 1.54) is 0 Å². The monoisotopic (exact) mass is 274 g/mol. The molecule has 0 saturated carbocycles. The standard InChI is InChI=1S/C15H18N2O3/c1-2-8-19-12-15(9-14(18)10-17-16)20-11-13-6-4-3-5-7-13/h2-7,10,15H,1,8-9,11-12H2. The van der Waals surface area contributed by atoms with Gasteiger partial charge >= 0.3 is 6.21 Å². The smallest absolute Gasteiger partial charge is 0.323 e. The molecule has 0 heterocycles. The van der Waals surface area contributed by atoms with Gasteiger partial charge in [-0.2, -0.15) is 4.79 Å². The van der Waals surface area contributed by atoms with Gasteiger partial charge in [-0.15, -0.1) is 6.58 Å². The molecule has 0 aliphatic rings. The fraction of sp³-hybridized carbons (Fsp3) is 0.333. The molecule has 0 amide bonds. The van der Waals surface area contributed by atoms with E-state index >= 15 is 0 Å². The van der Waals surface area contributed by atoms with E-state index in [0.717, 1.165) is 11.8 Å². The highest BCUT2D eigenvalue weighted by Gasteiger charge is 2.16. The zero-order chi connectivity index (χ0) is 14.6. The predicted molar refractivity (Wildman–Crippen MR) is 75.3 cm³/mol. The molecule has 0 bridgehead atoms. The lowest BCUT2D eigenvalue weighted by atomic mass is 10.2. The number of ketones is 1. The quantitative estimate of drug-likeness (QED) is 0.215. The number of rotatable bonds is 10. The Morgan fingerprint density at radius 3 is 2.80 bits per heavy atom. The summed E-state index contributed by atoms with van der Waals surface area (Å²) in [6.07, 6.45) is 2.21. The summed E-state index contributed by atoms with van der Waals surface area (Å²) in [6, 6.07) is 9.66. The van der Waals surface area contributed by atoms with Gasteiger partial charge in [-0.05, 0) is 5.56 Å². The fourth-order valence-corrected chi connectivity index (χ4v) is 1.58. The molecule has 106 valence electrons. The molecular weight excluding hydrogens is 256 g/mol. The van der Waals surface area contributed by atoms with Gasteiger partial charge in [0, 0.05) is 6.42 Å². The molecule has 5 heteroatoms. The molecule has 5 nitrogen and oxygen atoms in total. The minimum atomic E-state index is -0.388. The van der Waals surface area contributed by atoms with Crippen molar-refractivity contribution in [3.8, 4) is 0 Å². The second-order valence-corrected chi connectivity index (χ2v) is 4.16. The summed E-state index contributed by atoms with van der Waals surface area (Å²) < 4.78 is 11.0. The number of nitrogens with zero attached hydrogens (tertiary/aromatic N) is 2. The number of hydrogen-bond acceptors (Lipinski definition) is 3. The zero-order valence-corrected chi connectivity index (χ0v) is 11.3. The summed E-state index contributed by atoms with van der Waals surface area (Å²) in [5, 5.41) is 0. The first-order valence-electron chi connectivity index (χ1n) is 6.30. The highest BCUT2D eigenvalue weighted by atomic mass is 16.5. The molecule has 1 unspecified atom stereocenters. The van der Waals surface area contributed by atoms with Crippen molar-refractivity contribution in [2.75, 3.05) is 13.2 Å². The summed E-state index contributed by atoms with van der Waals surface area (Å²) in [4.78, 5) is 14.1.